The molecular weight excluding hydrogens is 374 g/mol. The predicted octanol–water partition coefficient (Wildman–Crippen LogP) is 2.63. The maximum absolute atomic E-state index is 5.64. The lowest BCUT2D eigenvalue weighted by atomic mass is 10.1. The van der Waals surface area contributed by atoms with E-state index in [2.05, 4.69) is 25.2 Å². The van der Waals surface area contributed by atoms with Crippen molar-refractivity contribution < 1.29 is 4.74 Å². The van der Waals surface area contributed by atoms with Crippen LogP contribution in [0.1, 0.15) is 0 Å². The Balaban J connectivity index is 1.72. The van der Waals surface area contributed by atoms with Gasteiger partial charge in [-0.1, -0.05) is 0 Å². The highest BCUT2D eigenvalue weighted by Crippen LogP contribution is 2.38. The van der Waals surface area contributed by atoms with E-state index in [4.69, 9.17) is 20.4 Å². The zero-order valence-electron chi connectivity index (χ0n) is 14.9. The van der Waals surface area contributed by atoms with Gasteiger partial charge in [-0.05, 0) is 17.7 Å². The first-order valence-corrected chi connectivity index (χ1v) is 9.78. The van der Waals surface area contributed by atoms with Crippen molar-refractivity contribution in [1.29, 1.82) is 0 Å². The van der Waals surface area contributed by atoms with E-state index in [1.54, 1.807) is 36.1 Å². The molecule has 4 aromatic rings. The van der Waals surface area contributed by atoms with E-state index in [9.17, 15) is 0 Å². The fraction of sp³-hybridized carbons (Fsp3) is 0.211. The van der Waals surface area contributed by atoms with Gasteiger partial charge in [0.15, 0.2) is 11.6 Å². The molecule has 5 rings (SSSR count). The normalized spacial score (nSPS) is 14.5. The Bertz CT molecular complexity index is 1110. The minimum atomic E-state index is 0.228. The number of anilines is 2. The van der Waals surface area contributed by atoms with Crippen molar-refractivity contribution in [2.45, 2.75) is 0 Å². The molecule has 0 amide bonds. The van der Waals surface area contributed by atoms with Crippen LogP contribution >= 0.6 is 11.3 Å². The first kappa shape index (κ1) is 17.0. The van der Waals surface area contributed by atoms with Gasteiger partial charge in [0.25, 0.3) is 0 Å². The third-order valence-electron chi connectivity index (χ3n) is 4.63. The van der Waals surface area contributed by atoms with Crippen molar-refractivity contribution in [1.82, 2.24) is 24.9 Å². The number of ether oxygens (including phenoxy) is 1. The summed E-state index contributed by atoms with van der Waals surface area (Å²) in [7, 11) is 0. The standard InChI is InChI=1S/C19H17N7OS/c20-19-22-9-13(10-23-19)17-24-15-14(12-1-3-21-4-2-12)11-28-16(15)18(25-17)26-5-7-27-8-6-26/h1-4,9-11H,5-8H2,(H2,20,22,23). The summed E-state index contributed by atoms with van der Waals surface area (Å²) in [6, 6.07) is 3.98. The molecule has 1 fully saturated rings. The molecule has 0 bridgehead atoms. The third kappa shape index (κ3) is 3.04. The Morgan fingerprint density at radius 1 is 1.00 bits per heavy atom. The van der Waals surface area contributed by atoms with Gasteiger partial charge in [-0.15, -0.1) is 11.3 Å². The number of hydrogen-bond acceptors (Lipinski definition) is 9. The van der Waals surface area contributed by atoms with Gasteiger partial charge in [-0.2, -0.15) is 0 Å². The Hall–Kier alpha value is -3.17. The first-order valence-electron chi connectivity index (χ1n) is 8.90. The number of fused-ring (bicyclic) bond motifs is 1. The van der Waals surface area contributed by atoms with Crippen LogP contribution in [0.5, 0.6) is 0 Å². The molecule has 2 N–H and O–H groups in total. The molecule has 9 heteroatoms. The smallest absolute Gasteiger partial charge is 0.219 e. The highest BCUT2D eigenvalue weighted by molar-refractivity contribution is 7.18. The minimum absolute atomic E-state index is 0.228. The van der Waals surface area contributed by atoms with Gasteiger partial charge in [-0.25, -0.2) is 19.9 Å². The molecule has 140 valence electrons. The van der Waals surface area contributed by atoms with Crippen molar-refractivity contribution in [3.05, 3.63) is 42.3 Å². The van der Waals surface area contributed by atoms with Crippen LogP contribution in [-0.2, 0) is 4.74 Å². The van der Waals surface area contributed by atoms with Crippen LogP contribution in [0.3, 0.4) is 0 Å². The van der Waals surface area contributed by atoms with Crippen molar-refractivity contribution in [3.63, 3.8) is 0 Å². The van der Waals surface area contributed by atoms with Crippen LogP contribution in [0, 0.1) is 0 Å². The molecule has 28 heavy (non-hydrogen) atoms. The van der Waals surface area contributed by atoms with Crippen molar-refractivity contribution in [2.24, 2.45) is 0 Å². The Morgan fingerprint density at radius 3 is 2.50 bits per heavy atom. The van der Waals surface area contributed by atoms with Crippen LogP contribution in [0.2, 0.25) is 0 Å². The van der Waals surface area contributed by atoms with Gasteiger partial charge in [0.05, 0.1) is 29.0 Å². The topological polar surface area (TPSA) is 103 Å². The summed E-state index contributed by atoms with van der Waals surface area (Å²) in [6.07, 6.45) is 6.89. The number of pyridine rings is 1. The van der Waals surface area contributed by atoms with E-state index < -0.39 is 0 Å². The summed E-state index contributed by atoms with van der Waals surface area (Å²) in [4.78, 5) is 24.3. The van der Waals surface area contributed by atoms with Crippen LogP contribution in [0.25, 0.3) is 32.7 Å². The molecule has 1 saturated heterocycles. The van der Waals surface area contributed by atoms with E-state index in [0.29, 0.717) is 19.0 Å². The van der Waals surface area contributed by atoms with Gasteiger partial charge in [-0.3, -0.25) is 4.98 Å². The lowest BCUT2D eigenvalue weighted by Crippen LogP contribution is -2.36. The molecule has 0 radical (unpaired) electrons. The summed E-state index contributed by atoms with van der Waals surface area (Å²) < 4.78 is 6.58. The van der Waals surface area contributed by atoms with E-state index in [1.165, 1.54) is 0 Å². The number of nitrogens with two attached hydrogens (primary N) is 1. The summed E-state index contributed by atoms with van der Waals surface area (Å²) in [5.74, 6) is 1.74. The molecule has 0 spiro atoms. The summed E-state index contributed by atoms with van der Waals surface area (Å²) >= 11 is 1.66. The number of nitrogens with zero attached hydrogens (tertiary/aromatic N) is 6. The summed E-state index contributed by atoms with van der Waals surface area (Å²) in [6.45, 7) is 2.97. The third-order valence-corrected chi connectivity index (χ3v) is 5.59. The van der Waals surface area contributed by atoms with E-state index in [1.807, 2.05) is 12.1 Å². The number of aromatic nitrogens is 5. The van der Waals surface area contributed by atoms with Gasteiger partial charge >= 0.3 is 0 Å². The molecular formula is C19H17N7OS. The SMILES string of the molecule is Nc1ncc(-c2nc(N3CCOCC3)c3scc(-c4ccncc4)c3n2)cn1. The largest absolute Gasteiger partial charge is 0.378 e. The molecule has 0 unspecified atom stereocenters. The summed E-state index contributed by atoms with van der Waals surface area (Å²) in [5.41, 5.74) is 9.43. The molecule has 4 aromatic heterocycles. The van der Waals surface area contributed by atoms with E-state index >= 15 is 0 Å². The maximum atomic E-state index is 5.64. The zero-order valence-corrected chi connectivity index (χ0v) is 15.8. The molecule has 1 aliphatic heterocycles. The molecule has 0 aromatic carbocycles. The van der Waals surface area contributed by atoms with Crippen LogP contribution < -0.4 is 10.6 Å². The predicted molar refractivity (Wildman–Crippen MR) is 109 cm³/mol. The second-order valence-corrected chi connectivity index (χ2v) is 7.24. The van der Waals surface area contributed by atoms with Gasteiger partial charge < -0.3 is 15.4 Å². The van der Waals surface area contributed by atoms with Crippen molar-refractivity contribution in [3.8, 4) is 22.5 Å². The summed E-state index contributed by atoms with van der Waals surface area (Å²) in [5, 5.41) is 2.13. The number of morpholine rings is 1. The second-order valence-electron chi connectivity index (χ2n) is 6.36. The minimum Gasteiger partial charge on any atom is -0.378 e. The lowest BCUT2D eigenvalue weighted by molar-refractivity contribution is 0.122. The number of hydrogen-bond donors (Lipinski definition) is 1. The quantitative estimate of drug-likeness (QED) is 0.568. The monoisotopic (exact) mass is 391 g/mol. The van der Waals surface area contributed by atoms with Gasteiger partial charge in [0, 0.05) is 48.8 Å². The fourth-order valence-electron chi connectivity index (χ4n) is 3.21. The molecule has 0 atom stereocenters. The highest BCUT2D eigenvalue weighted by atomic mass is 32.1. The fourth-order valence-corrected chi connectivity index (χ4v) is 4.24. The Morgan fingerprint density at radius 2 is 1.75 bits per heavy atom. The van der Waals surface area contributed by atoms with Crippen LogP contribution in [0.4, 0.5) is 11.8 Å². The van der Waals surface area contributed by atoms with Crippen molar-refractivity contribution >= 4 is 33.3 Å². The molecule has 5 heterocycles. The van der Waals surface area contributed by atoms with Crippen LogP contribution in [0.15, 0.2) is 42.3 Å². The van der Waals surface area contributed by atoms with Gasteiger partial charge in [0.1, 0.15) is 0 Å². The zero-order chi connectivity index (χ0) is 18.9. The highest BCUT2D eigenvalue weighted by Gasteiger charge is 2.21. The van der Waals surface area contributed by atoms with Gasteiger partial charge in [0.2, 0.25) is 5.95 Å². The van der Waals surface area contributed by atoms with Crippen molar-refractivity contribution in [2.75, 3.05) is 36.9 Å². The van der Waals surface area contributed by atoms with E-state index in [-0.39, 0.29) is 5.95 Å². The lowest BCUT2D eigenvalue weighted by Gasteiger charge is -2.28. The Kier molecular flexibility index (Phi) is 4.30. The average molecular weight is 391 g/mol. The Labute approximate surface area is 165 Å². The molecule has 1 aliphatic rings. The maximum Gasteiger partial charge on any atom is 0.219 e. The number of thiophene rings is 1. The average Bonchev–Trinajstić information content (AvgIpc) is 3.19. The molecule has 0 saturated carbocycles. The second kappa shape index (κ2) is 7.10. The number of rotatable bonds is 3. The first-order chi connectivity index (χ1) is 13.8. The number of nitrogen functional groups attached to an aromatic ring is 1. The van der Waals surface area contributed by atoms with E-state index in [0.717, 1.165) is 45.8 Å². The molecule has 8 nitrogen and oxygen atoms in total. The van der Waals surface area contributed by atoms with Crippen LogP contribution in [-0.4, -0.2) is 51.2 Å². The molecule has 0 aliphatic carbocycles.